The number of unbranched alkanes of at least 4 members (excludes halogenated alkanes) is 9. The SMILES string of the molecule is CCCCCCCCCCCCOC(=O)c1cc(OC(C)=O)c(OC(C)=O)c(OC(C)=O)c1. The van der Waals surface area contributed by atoms with Crippen LogP contribution in [0.5, 0.6) is 17.2 Å². The van der Waals surface area contributed by atoms with E-state index in [1.165, 1.54) is 57.1 Å². The zero-order valence-corrected chi connectivity index (χ0v) is 20.2. The number of hydrogen-bond donors (Lipinski definition) is 0. The molecule has 33 heavy (non-hydrogen) atoms. The molecule has 0 saturated carbocycles. The van der Waals surface area contributed by atoms with Gasteiger partial charge < -0.3 is 18.9 Å². The van der Waals surface area contributed by atoms with Gasteiger partial charge in [0, 0.05) is 20.8 Å². The van der Waals surface area contributed by atoms with Crippen molar-refractivity contribution in [2.45, 2.75) is 91.9 Å². The van der Waals surface area contributed by atoms with Gasteiger partial charge in [-0.05, 0) is 18.6 Å². The summed E-state index contributed by atoms with van der Waals surface area (Å²) in [6.45, 7) is 5.90. The lowest BCUT2D eigenvalue weighted by Crippen LogP contribution is -2.13. The van der Waals surface area contributed by atoms with Crippen LogP contribution in [-0.4, -0.2) is 30.5 Å². The maximum absolute atomic E-state index is 12.5. The third kappa shape index (κ3) is 12.1. The van der Waals surface area contributed by atoms with Crippen molar-refractivity contribution >= 4 is 23.9 Å². The molecule has 0 aliphatic carbocycles. The minimum absolute atomic E-state index is 0.00508. The van der Waals surface area contributed by atoms with E-state index < -0.39 is 23.9 Å². The summed E-state index contributed by atoms with van der Waals surface area (Å²) in [7, 11) is 0. The van der Waals surface area contributed by atoms with Gasteiger partial charge in [0.15, 0.2) is 11.5 Å². The third-order valence-corrected chi connectivity index (χ3v) is 4.74. The van der Waals surface area contributed by atoms with Crippen molar-refractivity contribution in [3.8, 4) is 17.2 Å². The van der Waals surface area contributed by atoms with Gasteiger partial charge in [-0.1, -0.05) is 64.7 Å². The van der Waals surface area contributed by atoms with Crippen molar-refractivity contribution in [2.75, 3.05) is 6.61 Å². The van der Waals surface area contributed by atoms with E-state index in [4.69, 9.17) is 18.9 Å². The molecule has 8 heteroatoms. The summed E-state index contributed by atoms with van der Waals surface area (Å²) >= 11 is 0. The Kier molecular flexibility index (Phi) is 13.5. The summed E-state index contributed by atoms with van der Waals surface area (Å²) in [5, 5.41) is 0. The molecule has 0 atom stereocenters. The summed E-state index contributed by atoms with van der Waals surface area (Å²) in [5.74, 6) is -3.49. The average molecular weight is 465 g/mol. The third-order valence-electron chi connectivity index (χ3n) is 4.74. The second kappa shape index (κ2) is 15.8. The number of ether oxygens (including phenoxy) is 4. The molecular formula is C25H36O8. The monoisotopic (exact) mass is 464 g/mol. The first-order valence-electron chi connectivity index (χ1n) is 11.6. The van der Waals surface area contributed by atoms with Crippen LogP contribution < -0.4 is 14.2 Å². The van der Waals surface area contributed by atoms with Gasteiger partial charge in [-0.25, -0.2) is 4.79 Å². The van der Waals surface area contributed by atoms with E-state index in [-0.39, 0.29) is 29.4 Å². The second-order valence-corrected chi connectivity index (χ2v) is 7.90. The van der Waals surface area contributed by atoms with Crippen LogP contribution in [0.15, 0.2) is 12.1 Å². The molecule has 0 aliphatic rings. The van der Waals surface area contributed by atoms with Crippen LogP contribution in [-0.2, 0) is 19.1 Å². The molecule has 0 unspecified atom stereocenters. The van der Waals surface area contributed by atoms with E-state index in [0.717, 1.165) is 40.0 Å². The van der Waals surface area contributed by atoms with Crippen LogP contribution in [0.2, 0.25) is 0 Å². The highest BCUT2D eigenvalue weighted by Gasteiger charge is 2.23. The Balaban J connectivity index is 2.65. The molecule has 0 saturated heterocycles. The van der Waals surface area contributed by atoms with Gasteiger partial charge in [-0.2, -0.15) is 0 Å². The van der Waals surface area contributed by atoms with E-state index in [2.05, 4.69) is 6.92 Å². The van der Waals surface area contributed by atoms with E-state index >= 15 is 0 Å². The van der Waals surface area contributed by atoms with E-state index in [1.54, 1.807) is 0 Å². The Hall–Kier alpha value is -2.90. The first kappa shape index (κ1) is 28.1. The van der Waals surface area contributed by atoms with Gasteiger partial charge in [0.25, 0.3) is 0 Å². The highest BCUT2D eigenvalue weighted by molar-refractivity contribution is 5.92. The molecular weight excluding hydrogens is 428 g/mol. The number of carbonyl (C=O) groups excluding carboxylic acids is 4. The van der Waals surface area contributed by atoms with Crippen molar-refractivity contribution in [3.63, 3.8) is 0 Å². The average Bonchev–Trinajstić information content (AvgIpc) is 2.72. The quantitative estimate of drug-likeness (QED) is 0.189. The number of benzene rings is 1. The summed E-state index contributed by atoms with van der Waals surface area (Å²) < 4.78 is 20.5. The predicted octanol–water partition coefficient (Wildman–Crippen LogP) is 5.54. The smallest absolute Gasteiger partial charge is 0.338 e. The van der Waals surface area contributed by atoms with Crippen LogP contribution in [0, 0.1) is 0 Å². The van der Waals surface area contributed by atoms with E-state index in [0.29, 0.717) is 0 Å². The van der Waals surface area contributed by atoms with Gasteiger partial charge in [0.2, 0.25) is 5.75 Å². The predicted molar refractivity (Wildman–Crippen MR) is 122 cm³/mol. The fourth-order valence-corrected chi connectivity index (χ4v) is 3.24. The summed E-state index contributed by atoms with van der Waals surface area (Å²) in [5.41, 5.74) is 0.00508. The number of rotatable bonds is 15. The van der Waals surface area contributed by atoms with Crippen LogP contribution in [0.3, 0.4) is 0 Å². The van der Waals surface area contributed by atoms with Crippen LogP contribution in [0.4, 0.5) is 0 Å². The molecule has 0 amide bonds. The van der Waals surface area contributed by atoms with Gasteiger partial charge in [-0.15, -0.1) is 0 Å². The van der Waals surface area contributed by atoms with Crippen molar-refractivity contribution in [1.82, 2.24) is 0 Å². The van der Waals surface area contributed by atoms with Crippen molar-refractivity contribution in [1.29, 1.82) is 0 Å². The Bertz CT molecular complexity index is 763. The molecule has 8 nitrogen and oxygen atoms in total. The summed E-state index contributed by atoms with van der Waals surface area (Å²) in [6.07, 6.45) is 11.6. The van der Waals surface area contributed by atoms with E-state index in [9.17, 15) is 19.2 Å². The van der Waals surface area contributed by atoms with Crippen molar-refractivity contribution < 1.29 is 38.1 Å². The van der Waals surface area contributed by atoms with Crippen molar-refractivity contribution in [3.05, 3.63) is 17.7 Å². The van der Waals surface area contributed by atoms with Crippen LogP contribution in [0.25, 0.3) is 0 Å². The van der Waals surface area contributed by atoms with Gasteiger partial charge in [0.1, 0.15) is 0 Å². The lowest BCUT2D eigenvalue weighted by molar-refractivity contribution is -0.135. The normalized spacial score (nSPS) is 10.4. The zero-order valence-electron chi connectivity index (χ0n) is 20.2. The summed E-state index contributed by atoms with van der Waals surface area (Å²) in [4.78, 5) is 46.9. The van der Waals surface area contributed by atoms with Crippen LogP contribution in [0.1, 0.15) is 102 Å². The molecule has 184 valence electrons. The maximum Gasteiger partial charge on any atom is 0.338 e. The largest absolute Gasteiger partial charge is 0.462 e. The lowest BCUT2D eigenvalue weighted by atomic mass is 10.1. The standard InChI is InChI=1S/C25H36O8/c1-5-6-7-8-9-10-11-12-13-14-15-30-25(29)21-16-22(31-18(2)26)24(33-20(4)28)23(17-21)32-19(3)27/h16-17H,5-15H2,1-4H3. The summed E-state index contributed by atoms with van der Waals surface area (Å²) in [6, 6.07) is 2.43. The first-order chi connectivity index (χ1) is 15.7. The Morgan fingerprint density at radius 2 is 1.06 bits per heavy atom. The molecule has 0 aromatic heterocycles. The highest BCUT2D eigenvalue weighted by atomic mass is 16.6. The van der Waals surface area contributed by atoms with E-state index in [1.807, 2.05) is 0 Å². The molecule has 1 aromatic carbocycles. The molecule has 1 rings (SSSR count). The molecule has 0 N–H and O–H groups in total. The Morgan fingerprint density at radius 1 is 0.636 bits per heavy atom. The van der Waals surface area contributed by atoms with Crippen molar-refractivity contribution in [2.24, 2.45) is 0 Å². The Labute approximate surface area is 195 Å². The molecule has 0 heterocycles. The zero-order chi connectivity index (χ0) is 24.6. The minimum atomic E-state index is -0.715. The maximum atomic E-state index is 12.5. The minimum Gasteiger partial charge on any atom is -0.462 e. The van der Waals surface area contributed by atoms with Gasteiger partial charge in [-0.3, -0.25) is 14.4 Å². The molecule has 0 aliphatic heterocycles. The molecule has 0 bridgehead atoms. The number of esters is 4. The van der Waals surface area contributed by atoms with Gasteiger partial charge >= 0.3 is 23.9 Å². The fraction of sp³-hybridized carbons (Fsp3) is 0.600. The molecule has 0 fully saturated rings. The number of carbonyl (C=O) groups is 4. The second-order valence-electron chi connectivity index (χ2n) is 7.90. The first-order valence-corrected chi connectivity index (χ1v) is 11.6. The van der Waals surface area contributed by atoms with Crippen LogP contribution >= 0.6 is 0 Å². The molecule has 1 aromatic rings. The molecule has 0 spiro atoms. The topological polar surface area (TPSA) is 105 Å². The number of hydrogen-bond acceptors (Lipinski definition) is 8. The highest BCUT2D eigenvalue weighted by Crippen LogP contribution is 2.39. The fourth-order valence-electron chi connectivity index (χ4n) is 3.24. The van der Waals surface area contributed by atoms with Gasteiger partial charge in [0.05, 0.1) is 12.2 Å². The lowest BCUT2D eigenvalue weighted by Gasteiger charge is -2.14. The Morgan fingerprint density at radius 3 is 1.48 bits per heavy atom. The molecule has 0 radical (unpaired) electrons.